The van der Waals surface area contributed by atoms with Crippen molar-refractivity contribution in [1.82, 2.24) is 5.32 Å². The van der Waals surface area contributed by atoms with Gasteiger partial charge in [0.05, 0.1) is 5.56 Å². The second-order valence-corrected chi connectivity index (χ2v) is 3.68. The summed E-state index contributed by atoms with van der Waals surface area (Å²) in [6, 6.07) is 3.58. The van der Waals surface area contributed by atoms with Crippen LogP contribution in [0.15, 0.2) is 24.3 Å². The molecule has 0 aliphatic carbocycles. The summed E-state index contributed by atoms with van der Waals surface area (Å²) in [5, 5.41) is 2.45. The Kier molecular flexibility index (Phi) is 4.36. The number of carbonyl (C=O) groups is 1. The van der Waals surface area contributed by atoms with Crippen molar-refractivity contribution in [1.29, 1.82) is 0 Å². The summed E-state index contributed by atoms with van der Waals surface area (Å²) in [6.45, 7) is 1.51. The highest BCUT2D eigenvalue weighted by Crippen LogP contribution is 2.33. The Morgan fingerprint density at radius 2 is 2.11 bits per heavy atom. The van der Waals surface area contributed by atoms with E-state index in [2.05, 4.69) is 5.32 Å². The minimum atomic E-state index is -4.46. The molecule has 0 aliphatic heterocycles. The molecule has 6 heteroatoms. The first-order chi connectivity index (χ1) is 8.30. The molecule has 0 radical (unpaired) electrons. The normalized spacial score (nSPS) is 11.8. The molecule has 1 aromatic rings. The van der Waals surface area contributed by atoms with Gasteiger partial charge >= 0.3 is 6.18 Å². The number of alkyl halides is 3. The smallest absolute Gasteiger partial charge is 0.399 e. The van der Waals surface area contributed by atoms with Gasteiger partial charge in [-0.3, -0.25) is 4.79 Å². The van der Waals surface area contributed by atoms with Crippen LogP contribution in [0, 0.1) is 0 Å². The summed E-state index contributed by atoms with van der Waals surface area (Å²) in [5.41, 5.74) is 4.62. The molecule has 0 fully saturated rings. The highest BCUT2D eigenvalue weighted by atomic mass is 19.4. The Labute approximate surface area is 102 Å². The molecule has 1 rings (SSSR count). The maximum absolute atomic E-state index is 12.7. The van der Waals surface area contributed by atoms with E-state index >= 15 is 0 Å². The fourth-order valence-corrected chi connectivity index (χ4v) is 1.35. The van der Waals surface area contributed by atoms with E-state index in [1.54, 1.807) is 0 Å². The number of nitrogen functional groups attached to an aromatic ring is 1. The monoisotopic (exact) mass is 258 g/mol. The Morgan fingerprint density at radius 3 is 2.67 bits per heavy atom. The topological polar surface area (TPSA) is 55.1 Å². The molecule has 3 nitrogen and oxygen atoms in total. The maximum atomic E-state index is 12.7. The number of carbonyl (C=O) groups excluding carboxylic acids is 1. The van der Waals surface area contributed by atoms with Crippen molar-refractivity contribution >= 4 is 17.7 Å². The second-order valence-electron chi connectivity index (χ2n) is 3.68. The number of anilines is 1. The van der Waals surface area contributed by atoms with Gasteiger partial charge in [0.25, 0.3) is 0 Å². The third-order valence-corrected chi connectivity index (χ3v) is 2.15. The number of nitrogens with two attached hydrogens (primary N) is 1. The van der Waals surface area contributed by atoms with Crippen LogP contribution in [0.5, 0.6) is 0 Å². The van der Waals surface area contributed by atoms with E-state index in [1.807, 2.05) is 0 Å². The van der Waals surface area contributed by atoms with E-state index in [0.29, 0.717) is 0 Å². The number of rotatable bonds is 3. The molecule has 1 amide bonds. The van der Waals surface area contributed by atoms with Crippen LogP contribution < -0.4 is 11.1 Å². The first kappa shape index (κ1) is 14.1. The second kappa shape index (κ2) is 5.57. The molecular weight excluding hydrogens is 245 g/mol. The average Bonchev–Trinajstić information content (AvgIpc) is 2.24. The van der Waals surface area contributed by atoms with Crippen LogP contribution in [0.4, 0.5) is 18.9 Å². The van der Waals surface area contributed by atoms with Gasteiger partial charge in [-0.05, 0) is 17.7 Å². The standard InChI is InChI=1S/C12H13F3N2O/c1-8(18)17-6-2-3-9-4-5-10(16)7-11(9)12(13,14)15/h2-5,7H,6,16H2,1H3,(H,17,18). The number of halogens is 3. The summed E-state index contributed by atoms with van der Waals surface area (Å²) in [5.74, 6) is -0.243. The van der Waals surface area contributed by atoms with Crippen LogP contribution in [0.2, 0.25) is 0 Å². The summed E-state index contributed by atoms with van der Waals surface area (Å²) in [6.07, 6.45) is -1.70. The maximum Gasteiger partial charge on any atom is 0.417 e. The SMILES string of the molecule is CC(=O)NCC=Cc1ccc(N)cc1C(F)(F)F. The first-order valence-corrected chi connectivity index (χ1v) is 5.18. The quantitative estimate of drug-likeness (QED) is 0.818. The van der Waals surface area contributed by atoms with Crippen LogP contribution in [-0.4, -0.2) is 12.5 Å². The Hall–Kier alpha value is -1.98. The van der Waals surface area contributed by atoms with Crippen molar-refractivity contribution in [3.8, 4) is 0 Å². The minimum absolute atomic E-state index is 0.0158. The molecule has 0 saturated heterocycles. The van der Waals surface area contributed by atoms with Gasteiger partial charge in [0.2, 0.25) is 5.91 Å². The molecule has 0 bridgehead atoms. The molecule has 0 saturated carbocycles. The van der Waals surface area contributed by atoms with Gasteiger partial charge in [0.1, 0.15) is 0 Å². The molecule has 98 valence electrons. The van der Waals surface area contributed by atoms with Gasteiger partial charge < -0.3 is 11.1 Å². The van der Waals surface area contributed by atoms with Gasteiger partial charge in [-0.1, -0.05) is 18.2 Å². The van der Waals surface area contributed by atoms with E-state index in [4.69, 9.17) is 5.73 Å². The lowest BCUT2D eigenvalue weighted by atomic mass is 10.1. The Morgan fingerprint density at radius 1 is 1.44 bits per heavy atom. The lowest BCUT2D eigenvalue weighted by molar-refractivity contribution is -0.137. The molecule has 0 spiro atoms. The molecule has 0 aliphatic rings. The molecule has 0 aromatic heterocycles. The summed E-state index contributed by atoms with van der Waals surface area (Å²) >= 11 is 0. The molecule has 0 heterocycles. The molecule has 3 N–H and O–H groups in total. The summed E-state index contributed by atoms with van der Waals surface area (Å²) in [7, 11) is 0. The highest BCUT2D eigenvalue weighted by molar-refractivity contribution is 5.73. The van der Waals surface area contributed by atoms with E-state index in [-0.39, 0.29) is 23.7 Å². The predicted molar refractivity (Wildman–Crippen MR) is 63.6 cm³/mol. The van der Waals surface area contributed by atoms with Gasteiger partial charge in [-0.15, -0.1) is 0 Å². The summed E-state index contributed by atoms with van der Waals surface area (Å²) < 4.78 is 38.1. The van der Waals surface area contributed by atoms with Crippen LogP contribution in [0.25, 0.3) is 6.08 Å². The third-order valence-electron chi connectivity index (χ3n) is 2.15. The summed E-state index contributed by atoms with van der Waals surface area (Å²) in [4.78, 5) is 10.6. The predicted octanol–water partition coefficient (Wildman–Crippen LogP) is 2.44. The van der Waals surface area contributed by atoms with Crippen molar-refractivity contribution in [2.45, 2.75) is 13.1 Å². The number of nitrogens with one attached hydrogen (secondary N) is 1. The fraction of sp³-hybridized carbons (Fsp3) is 0.250. The molecule has 0 atom stereocenters. The molecule has 18 heavy (non-hydrogen) atoms. The van der Waals surface area contributed by atoms with Crippen molar-refractivity contribution in [2.24, 2.45) is 0 Å². The van der Waals surface area contributed by atoms with Gasteiger partial charge in [-0.25, -0.2) is 0 Å². The van der Waals surface area contributed by atoms with E-state index < -0.39 is 11.7 Å². The average molecular weight is 258 g/mol. The number of amides is 1. The zero-order valence-corrected chi connectivity index (χ0v) is 9.71. The van der Waals surface area contributed by atoms with E-state index in [0.717, 1.165) is 6.07 Å². The van der Waals surface area contributed by atoms with Gasteiger partial charge in [0.15, 0.2) is 0 Å². The number of hydrogen-bond acceptors (Lipinski definition) is 2. The lowest BCUT2D eigenvalue weighted by Gasteiger charge is -2.11. The van der Waals surface area contributed by atoms with Crippen LogP contribution in [0.3, 0.4) is 0 Å². The van der Waals surface area contributed by atoms with Gasteiger partial charge in [-0.2, -0.15) is 13.2 Å². The van der Waals surface area contributed by atoms with E-state index in [9.17, 15) is 18.0 Å². The zero-order valence-electron chi connectivity index (χ0n) is 9.71. The number of benzene rings is 1. The Bertz CT molecular complexity index is 467. The molecular formula is C12H13F3N2O. The molecule has 1 aromatic carbocycles. The molecule has 0 unspecified atom stereocenters. The van der Waals surface area contributed by atoms with Crippen molar-refractivity contribution < 1.29 is 18.0 Å². The first-order valence-electron chi connectivity index (χ1n) is 5.18. The van der Waals surface area contributed by atoms with E-state index in [1.165, 1.54) is 31.2 Å². The third kappa shape index (κ3) is 4.12. The van der Waals surface area contributed by atoms with Gasteiger partial charge in [0, 0.05) is 19.2 Å². The van der Waals surface area contributed by atoms with Crippen LogP contribution in [0.1, 0.15) is 18.1 Å². The van der Waals surface area contributed by atoms with Crippen molar-refractivity contribution in [2.75, 3.05) is 12.3 Å². The van der Waals surface area contributed by atoms with Crippen molar-refractivity contribution in [3.05, 3.63) is 35.4 Å². The fourth-order valence-electron chi connectivity index (χ4n) is 1.35. The largest absolute Gasteiger partial charge is 0.417 e. The highest BCUT2D eigenvalue weighted by Gasteiger charge is 2.32. The van der Waals surface area contributed by atoms with Crippen LogP contribution in [-0.2, 0) is 11.0 Å². The Balaban J connectivity index is 2.92. The lowest BCUT2D eigenvalue weighted by Crippen LogP contribution is -2.19. The zero-order chi connectivity index (χ0) is 13.8. The number of hydrogen-bond donors (Lipinski definition) is 2. The van der Waals surface area contributed by atoms with Crippen LogP contribution >= 0.6 is 0 Å². The minimum Gasteiger partial charge on any atom is -0.399 e. The van der Waals surface area contributed by atoms with Crippen molar-refractivity contribution in [3.63, 3.8) is 0 Å².